The van der Waals surface area contributed by atoms with Crippen molar-refractivity contribution in [3.63, 3.8) is 0 Å². The number of halogens is 2. The fraction of sp³-hybridized carbons (Fsp3) is 0.333. The molecular formula is C21H22F2N2O2. The number of piperazine rings is 1. The number of Topliss-reactive ketones (excluding diaryl/α,β-unsaturated/α-hetero) is 1. The van der Waals surface area contributed by atoms with Gasteiger partial charge in [-0.15, -0.1) is 0 Å². The van der Waals surface area contributed by atoms with E-state index in [9.17, 15) is 18.4 Å². The van der Waals surface area contributed by atoms with Gasteiger partial charge in [0.15, 0.2) is 5.78 Å². The molecule has 1 saturated heterocycles. The van der Waals surface area contributed by atoms with Crippen LogP contribution >= 0.6 is 0 Å². The van der Waals surface area contributed by atoms with Gasteiger partial charge in [0.1, 0.15) is 11.6 Å². The van der Waals surface area contributed by atoms with Crippen molar-refractivity contribution in [1.29, 1.82) is 0 Å². The van der Waals surface area contributed by atoms with Crippen LogP contribution in [0.4, 0.5) is 14.5 Å². The van der Waals surface area contributed by atoms with Crippen molar-refractivity contribution in [2.24, 2.45) is 0 Å². The normalized spacial score (nSPS) is 14.3. The van der Waals surface area contributed by atoms with Gasteiger partial charge in [-0.3, -0.25) is 9.59 Å². The van der Waals surface area contributed by atoms with Gasteiger partial charge in [0.25, 0.3) is 0 Å². The summed E-state index contributed by atoms with van der Waals surface area (Å²) in [5, 5.41) is 0. The average molecular weight is 372 g/mol. The molecule has 0 aliphatic carbocycles. The average Bonchev–Trinajstić information content (AvgIpc) is 2.69. The first-order valence-electron chi connectivity index (χ1n) is 9.10. The number of hydrogen-bond acceptors (Lipinski definition) is 3. The minimum absolute atomic E-state index is 0.00934. The van der Waals surface area contributed by atoms with E-state index in [1.807, 2.05) is 4.90 Å². The van der Waals surface area contributed by atoms with Crippen molar-refractivity contribution >= 4 is 17.4 Å². The van der Waals surface area contributed by atoms with Gasteiger partial charge < -0.3 is 9.80 Å². The highest BCUT2D eigenvalue weighted by molar-refractivity contribution is 5.96. The number of benzene rings is 2. The van der Waals surface area contributed by atoms with Crippen LogP contribution in [0.5, 0.6) is 0 Å². The Kier molecular flexibility index (Phi) is 6.16. The largest absolute Gasteiger partial charge is 0.366 e. The van der Waals surface area contributed by atoms with E-state index in [0.29, 0.717) is 50.3 Å². The SMILES string of the molecule is O=C(CCCC(=O)N1CCN(c2ccccc2F)CC1)c1ccc(F)cc1. The molecule has 0 saturated carbocycles. The molecule has 1 amide bonds. The van der Waals surface area contributed by atoms with Crippen LogP contribution < -0.4 is 4.90 Å². The molecule has 0 bridgehead atoms. The maximum atomic E-state index is 13.9. The Balaban J connectivity index is 1.42. The highest BCUT2D eigenvalue weighted by atomic mass is 19.1. The van der Waals surface area contributed by atoms with E-state index in [1.54, 1.807) is 23.1 Å². The number of amides is 1. The second-order valence-corrected chi connectivity index (χ2v) is 6.60. The number of carbonyl (C=O) groups excluding carboxylic acids is 2. The third-order valence-electron chi connectivity index (χ3n) is 4.79. The Bertz CT molecular complexity index is 800. The topological polar surface area (TPSA) is 40.6 Å². The molecule has 6 heteroatoms. The molecule has 1 fully saturated rings. The monoisotopic (exact) mass is 372 g/mol. The highest BCUT2D eigenvalue weighted by Gasteiger charge is 2.22. The van der Waals surface area contributed by atoms with Gasteiger partial charge in [-0.1, -0.05) is 12.1 Å². The molecule has 0 spiro atoms. The predicted octanol–water partition coefficient (Wildman–Crippen LogP) is 3.67. The molecule has 3 rings (SSSR count). The summed E-state index contributed by atoms with van der Waals surface area (Å²) in [5.74, 6) is -0.713. The van der Waals surface area contributed by atoms with Crippen LogP contribution in [-0.2, 0) is 4.79 Å². The molecule has 0 aromatic heterocycles. The van der Waals surface area contributed by atoms with E-state index in [0.717, 1.165) is 0 Å². The fourth-order valence-corrected chi connectivity index (χ4v) is 3.24. The van der Waals surface area contributed by atoms with Crippen LogP contribution in [0, 0.1) is 11.6 Å². The Morgan fingerprint density at radius 1 is 0.852 bits per heavy atom. The lowest BCUT2D eigenvalue weighted by Crippen LogP contribution is -2.49. The van der Waals surface area contributed by atoms with Gasteiger partial charge >= 0.3 is 0 Å². The van der Waals surface area contributed by atoms with Crippen LogP contribution in [0.15, 0.2) is 48.5 Å². The van der Waals surface area contributed by atoms with Gasteiger partial charge in [-0.05, 0) is 42.8 Å². The van der Waals surface area contributed by atoms with E-state index >= 15 is 0 Å². The van der Waals surface area contributed by atoms with E-state index in [2.05, 4.69) is 0 Å². The maximum Gasteiger partial charge on any atom is 0.222 e. The first-order valence-corrected chi connectivity index (χ1v) is 9.10. The lowest BCUT2D eigenvalue weighted by Gasteiger charge is -2.36. The standard InChI is InChI=1S/C21H22F2N2O2/c22-17-10-8-16(9-11-17)20(26)6-3-7-21(27)25-14-12-24(13-15-25)19-5-2-1-4-18(19)23/h1-2,4-5,8-11H,3,6-7,12-15H2. The number of anilines is 1. The van der Waals surface area contributed by atoms with E-state index in [4.69, 9.17) is 0 Å². The first kappa shape index (κ1) is 19.0. The van der Waals surface area contributed by atoms with Crippen molar-refractivity contribution in [2.45, 2.75) is 19.3 Å². The third-order valence-corrected chi connectivity index (χ3v) is 4.79. The molecule has 2 aromatic carbocycles. The summed E-state index contributed by atoms with van der Waals surface area (Å²) >= 11 is 0. The summed E-state index contributed by atoms with van der Waals surface area (Å²) in [6.07, 6.45) is 1.02. The molecule has 2 aromatic rings. The van der Waals surface area contributed by atoms with Crippen molar-refractivity contribution in [2.75, 3.05) is 31.1 Å². The molecule has 0 N–H and O–H groups in total. The zero-order valence-corrected chi connectivity index (χ0v) is 15.0. The van der Waals surface area contributed by atoms with Gasteiger partial charge in [-0.2, -0.15) is 0 Å². The molecule has 0 atom stereocenters. The molecule has 1 heterocycles. The number of rotatable bonds is 6. The van der Waals surface area contributed by atoms with E-state index in [1.165, 1.54) is 30.3 Å². The minimum atomic E-state index is -0.378. The van der Waals surface area contributed by atoms with Gasteiger partial charge in [0.05, 0.1) is 5.69 Å². The first-order chi connectivity index (χ1) is 13.0. The number of carbonyl (C=O) groups is 2. The maximum absolute atomic E-state index is 13.9. The minimum Gasteiger partial charge on any atom is -0.366 e. The van der Waals surface area contributed by atoms with Crippen LogP contribution in [0.3, 0.4) is 0 Å². The predicted molar refractivity (Wildman–Crippen MR) is 99.8 cm³/mol. The number of nitrogens with zero attached hydrogens (tertiary/aromatic N) is 2. The van der Waals surface area contributed by atoms with E-state index < -0.39 is 0 Å². The quantitative estimate of drug-likeness (QED) is 0.727. The molecule has 4 nitrogen and oxygen atoms in total. The summed E-state index contributed by atoms with van der Waals surface area (Å²) in [5.41, 5.74) is 1.02. The second-order valence-electron chi connectivity index (χ2n) is 6.60. The summed E-state index contributed by atoms with van der Waals surface area (Å²) in [6, 6.07) is 12.1. The summed E-state index contributed by atoms with van der Waals surface area (Å²) < 4.78 is 26.7. The van der Waals surface area contributed by atoms with Crippen molar-refractivity contribution in [3.8, 4) is 0 Å². The molecule has 142 valence electrons. The Morgan fingerprint density at radius 3 is 2.19 bits per heavy atom. The number of para-hydroxylation sites is 1. The molecule has 0 unspecified atom stereocenters. The summed E-state index contributed by atoms with van der Waals surface area (Å²) in [4.78, 5) is 28.1. The van der Waals surface area contributed by atoms with Crippen molar-refractivity contribution < 1.29 is 18.4 Å². The molecular weight excluding hydrogens is 350 g/mol. The van der Waals surface area contributed by atoms with Crippen LogP contribution in [0.2, 0.25) is 0 Å². The Hall–Kier alpha value is -2.76. The molecule has 1 aliphatic heterocycles. The third kappa shape index (κ3) is 4.90. The highest BCUT2D eigenvalue weighted by Crippen LogP contribution is 2.20. The molecule has 27 heavy (non-hydrogen) atoms. The summed E-state index contributed by atoms with van der Waals surface area (Å²) in [7, 11) is 0. The lowest BCUT2D eigenvalue weighted by atomic mass is 10.1. The van der Waals surface area contributed by atoms with E-state index in [-0.39, 0.29) is 29.7 Å². The Labute approximate surface area is 157 Å². The zero-order chi connectivity index (χ0) is 19.2. The Morgan fingerprint density at radius 2 is 1.52 bits per heavy atom. The molecule has 0 radical (unpaired) electrons. The van der Waals surface area contributed by atoms with Crippen molar-refractivity contribution in [1.82, 2.24) is 4.90 Å². The zero-order valence-electron chi connectivity index (χ0n) is 15.0. The van der Waals surface area contributed by atoms with Crippen LogP contribution in [-0.4, -0.2) is 42.8 Å². The fourth-order valence-electron chi connectivity index (χ4n) is 3.24. The summed E-state index contributed by atoms with van der Waals surface area (Å²) in [6.45, 7) is 2.25. The van der Waals surface area contributed by atoms with Crippen LogP contribution in [0.1, 0.15) is 29.6 Å². The second kappa shape index (κ2) is 8.75. The van der Waals surface area contributed by atoms with Gasteiger partial charge in [0.2, 0.25) is 5.91 Å². The van der Waals surface area contributed by atoms with Gasteiger partial charge in [0, 0.05) is 44.6 Å². The van der Waals surface area contributed by atoms with Crippen LogP contribution in [0.25, 0.3) is 0 Å². The van der Waals surface area contributed by atoms with Crippen molar-refractivity contribution in [3.05, 3.63) is 65.7 Å². The van der Waals surface area contributed by atoms with Gasteiger partial charge in [-0.25, -0.2) is 8.78 Å². The lowest BCUT2D eigenvalue weighted by molar-refractivity contribution is -0.131. The number of ketones is 1. The number of hydrogen-bond donors (Lipinski definition) is 0. The molecule has 1 aliphatic rings. The smallest absolute Gasteiger partial charge is 0.222 e.